The van der Waals surface area contributed by atoms with Crippen LogP contribution in [0.5, 0.6) is 0 Å². The third-order valence-electron chi connectivity index (χ3n) is 3.12. The summed E-state index contributed by atoms with van der Waals surface area (Å²) in [6.07, 6.45) is -0.130. The van der Waals surface area contributed by atoms with E-state index in [1.165, 1.54) is 23.1 Å². The molecule has 1 amide bonds. The largest absolute Gasteiger partial charge is 0.478 e. The zero-order valence-electron chi connectivity index (χ0n) is 10.6. The second-order valence-electron chi connectivity index (χ2n) is 4.75. The fraction of sp³-hybridized carbons (Fsp3) is 0.333. The van der Waals surface area contributed by atoms with Gasteiger partial charge in [0, 0.05) is 23.4 Å². The van der Waals surface area contributed by atoms with Crippen molar-refractivity contribution in [2.24, 2.45) is 5.92 Å². The molecule has 1 atom stereocenters. The number of amides is 1. The van der Waals surface area contributed by atoms with Crippen LogP contribution in [0.25, 0.3) is 0 Å². The van der Waals surface area contributed by atoms with E-state index < -0.39 is 33.8 Å². The van der Waals surface area contributed by atoms with Crippen LogP contribution in [-0.4, -0.2) is 37.7 Å². The summed E-state index contributed by atoms with van der Waals surface area (Å²) in [5, 5.41) is 9.15. The number of carboxylic acids is 1. The zero-order chi connectivity index (χ0) is 15.8. The highest BCUT2D eigenvalue weighted by atomic mass is 79.9. The number of carbonyl (C=O) groups is 2. The summed E-state index contributed by atoms with van der Waals surface area (Å²) in [6.45, 7) is -0.0291. The van der Waals surface area contributed by atoms with Gasteiger partial charge in [0.25, 0.3) is 0 Å². The van der Waals surface area contributed by atoms with Crippen LogP contribution in [0.3, 0.4) is 0 Å². The van der Waals surface area contributed by atoms with Gasteiger partial charge in [-0.3, -0.25) is 4.79 Å². The van der Waals surface area contributed by atoms with Crippen molar-refractivity contribution in [1.82, 2.24) is 0 Å². The molecule has 0 spiro atoms. The summed E-state index contributed by atoms with van der Waals surface area (Å²) in [5.74, 6) is -3.06. The number of benzene rings is 1. The molecule has 1 aliphatic heterocycles. The third kappa shape index (κ3) is 3.79. The molecule has 21 heavy (non-hydrogen) atoms. The van der Waals surface area contributed by atoms with Crippen molar-refractivity contribution in [3.63, 3.8) is 0 Å². The number of hydrogen-bond acceptors (Lipinski definition) is 4. The first-order valence-electron chi connectivity index (χ1n) is 5.93. The molecule has 1 aliphatic rings. The van der Waals surface area contributed by atoms with E-state index in [1.54, 1.807) is 0 Å². The number of hydrogen-bond donors (Lipinski definition) is 1. The molecule has 2 rings (SSSR count). The Hall–Kier alpha value is -1.48. The number of carboxylic acid groups (broad SMARTS) is 1. The number of rotatable bonds is 4. The summed E-state index contributed by atoms with van der Waals surface area (Å²) in [5.41, 5.74) is 0.0935. The minimum absolute atomic E-state index is 0.0291. The van der Waals surface area contributed by atoms with Gasteiger partial charge in [-0.15, -0.1) is 3.89 Å². The fourth-order valence-electron chi connectivity index (χ4n) is 2.32. The van der Waals surface area contributed by atoms with Gasteiger partial charge in [0.05, 0.1) is 17.0 Å². The number of aromatic carboxylic acids is 1. The van der Waals surface area contributed by atoms with Crippen LogP contribution >= 0.6 is 15.9 Å². The highest BCUT2D eigenvalue weighted by Gasteiger charge is 2.35. The maximum absolute atomic E-state index is 12.7. The minimum atomic E-state index is -4.68. The Balaban J connectivity index is 2.33. The van der Waals surface area contributed by atoms with E-state index in [0.717, 1.165) is 0 Å². The summed E-state index contributed by atoms with van der Waals surface area (Å²) >= 11 is 3.19. The maximum atomic E-state index is 12.7. The normalized spacial score (nSPS) is 19.0. The molecule has 9 heteroatoms. The molecule has 1 aromatic carbocycles. The lowest BCUT2D eigenvalue weighted by molar-refractivity contribution is -0.117. The Labute approximate surface area is 128 Å². The van der Waals surface area contributed by atoms with Crippen LogP contribution in [0, 0.1) is 5.92 Å². The Bertz CT molecular complexity index is 706. The first-order valence-corrected chi connectivity index (χ1v) is 8.27. The number of carbonyl (C=O) groups excluding carboxylic acids is 1. The predicted octanol–water partition coefficient (Wildman–Crippen LogP) is 1.80. The van der Waals surface area contributed by atoms with Crippen molar-refractivity contribution in [1.29, 1.82) is 0 Å². The molecule has 1 unspecified atom stereocenters. The highest BCUT2D eigenvalue weighted by molar-refractivity contribution is 9.10. The quantitative estimate of drug-likeness (QED) is 0.805. The zero-order valence-corrected chi connectivity index (χ0v) is 13.0. The van der Waals surface area contributed by atoms with Crippen molar-refractivity contribution < 1.29 is 27.0 Å². The van der Waals surface area contributed by atoms with Gasteiger partial charge >= 0.3 is 16.2 Å². The topological polar surface area (TPSA) is 91.8 Å². The van der Waals surface area contributed by atoms with E-state index in [-0.39, 0.29) is 24.2 Å². The first kappa shape index (κ1) is 15.9. The van der Waals surface area contributed by atoms with Crippen LogP contribution in [0.2, 0.25) is 0 Å². The molecule has 0 aromatic heterocycles. The summed E-state index contributed by atoms with van der Waals surface area (Å²) in [7, 11) is -4.68. The van der Waals surface area contributed by atoms with Crippen molar-refractivity contribution >= 4 is 43.7 Å². The predicted molar refractivity (Wildman–Crippen MR) is 76.5 cm³/mol. The SMILES string of the molecule is O=C(O)c1ccc(Br)cc1N1CC(CS(=O)(=O)F)CC1=O. The third-order valence-corrected chi connectivity index (χ3v) is 4.48. The Kier molecular flexibility index (Phi) is 4.33. The van der Waals surface area contributed by atoms with E-state index in [1.807, 2.05) is 0 Å². The van der Waals surface area contributed by atoms with Crippen molar-refractivity contribution in [2.45, 2.75) is 6.42 Å². The molecular weight excluding hydrogens is 369 g/mol. The van der Waals surface area contributed by atoms with Gasteiger partial charge in [-0.2, -0.15) is 8.42 Å². The number of anilines is 1. The number of halogens is 2. The first-order chi connectivity index (χ1) is 9.67. The molecule has 1 aromatic rings. The molecule has 1 saturated heterocycles. The van der Waals surface area contributed by atoms with Crippen molar-refractivity contribution in [2.75, 3.05) is 17.2 Å². The lowest BCUT2D eigenvalue weighted by Crippen LogP contribution is -2.27. The molecular formula is C12H11BrFNO5S. The average molecular weight is 380 g/mol. The standard InChI is InChI=1S/C12H11BrFNO5S/c13-8-1-2-9(12(17)18)10(4-8)15-5-7(3-11(15)16)6-21(14,19)20/h1-2,4,7H,3,5-6H2,(H,17,18). The van der Waals surface area contributed by atoms with Crippen LogP contribution < -0.4 is 4.90 Å². The smallest absolute Gasteiger partial charge is 0.337 e. The van der Waals surface area contributed by atoms with Gasteiger partial charge < -0.3 is 10.0 Å². The summed E-state index contributed by atoms with van der Waals surface area (Å²) < 4.78 is 34.6. The molecule has 1 heterocycles. The lowest BCUT2D eigenvalue weighted by Gasteiger charge is -2.19. The highest BCUT2D eigenvalue weighted by Crippen LogP contribution is 2.31. The second kappa shape index (κ2) is 5.72. The van der Waals surface area contributed by atoms with Gasteiger partial charge in [-0.25, -0.2) is 4.79 Å². The molecule has 1 fully saturated rings. The maximum Gasteiger partial charge on any atom is 0.337 e. The molecule has 1 N–H and O–H groups in total. The van der Waals surface area contributed by atoms with E-state index in [0.29, 0.717) is 4.47 Å². The van der Waals surface area contributed by atoms with Crippen LogP contribution in [0.4, 0.5) is 9.57 Å². The van der Waals surface area contributed by atoms with Crippen LogP contribution in [-0.2, 0) is 15.0 Å². The van der Waals surface area contributed by atoms with Crippen molar-refractivity contribution in [3.8, 4) is 0 Å². The van der Waals surface area contributed by atoms with E-state index in [2.05, 4.69) is 15.9 Å². The van der Waals surface area contributed by atoms with E-state index in [4.69, 9.17) is 5.11 Å². The second-order valence-corrected chi connectivity index (χ2v) is 7.07. The molecule has 0 radical (unpaired) electrons. The molecule has 0 saturated carbocycles. The van der Waals surface area contributed by atoms with Gasteiger partial charge in [-0.05, 0) is 18.2 Å². The van der Waals surface area contributed by atoms with Crippen LogP contribution in [0.15, 0.2) is 22.7 Å². The van der Waals surface area contributed by atoms with Gasteiger partial charge in [0.15, 0.2) is 0 Å². The van der Waals surface area contributed by atoms with Gasteiger partial charge in [0.1, 0.15) is 0 Å². The van der Waals surface area contributed by atoms with E-state index in [9.17, 15) is 21.9 Å². The Morgan fingerprint density at radius 1 is 1.48 bits per heavy atom. The number of nitrogens with zero attached hydrogens (tertiary/aromatic N) is 1. The summed E-state index contributed by atoms with van der Waals surface area (Å²) in [4.78, 5) is 24.3. The van der Waals surface area contributed by atoms with Gasteiger partial charge in [0.2, 0.25) is 5.91 Å². The minimum Gasteiger partial charge on any atom is -0.478 e. The molecule has 0 bridgehead atoms. The molecule has 114 valence electrons. The van der Waals surface area contributed by atoms with Crippen molar-refractivity contribution in [3.05, 3.63) is 28.2 Å². The monoisotopic (exact) mass is 379 g/mol. The summed E-state index contributed by atoms with van der Waals surface area (Å²) in [6, 6.07) is 4.33. The fourth-order valence-corrected chi connectivity index (χ4v) is 3.45. The Morgan fingerprint density at radius 2 is 2.14 bits per heavy atom. The molecule has 0 aliphatic carbocycles. The Morgan fingerprint density at radius 3 is 2.71 bits per heavy atom. The average Bonchev–Trinajstić information content (AvgIpc) is 2.66. The van der Waals surface area contributed by atoms with Crippen LogP contribution in [0.1, 0.15) is 16.8 Å². The lowest BCUT2D eigenvalue weighted by atomic mass is 10.1. The molecule has 6 nitrogen and oxygen atoms in total. The van der Waals surface area contributed by atoms with Gasteiger partial charge in [-0.1, -0.05) is 15.9 Å². The van der Waals surface area contributed by atoms with E-state index >= 15 is 0 Å².